The molecule has 0 aromatic carbocycles. The van der Waals surface area contributed by atoms with E-state index in [1.165, 1.54) is 6.26 Å². The highest BCUT2D eigenvalue weighted by Crippen LogP contribution is 2.30. The van der Waals surface area contributed by atoms with Gasteiger partial charge >= 0.3 is 6.03 Å². The van der Waals surface area contributed by atoms with Crippen molar-refractivity contribution < 1.29 is 18.8 Å². The number of hydrogen-bond acceptors (Lipinski definition) is 4. The average molecular weight is 347 g/mol. The number of imide groups is 1. The van der Waals surface area contributed by atoms with Gasteiger partial charge in [0.05, 0.1) is 6.26 Å². The number of furan rings is 1. The van der Waals surface area contributed by atoms with Crippen LogP contribution in [0, 0.1) is 5.92 Å². The second-order valence-electron chi connectivity index (χ2n) is 7.34. The predicted molar refractivity (Wildman–Crippen MR) is 90.5 cm³/mol. The Morgan fingerprint density at radius 2 is 2.04 bits per heavy atom. The van der Waals surface area contributed by atoms with E-state index in [0.29, 0.717) is 11.7 Å². The molecule has 1 aliphatic heterocycles. The molecule has 7 nitrogen and oxygen atoms in total. The van der Waals surface area contributed by atoms with Crippen LogP contribution in [-0.4, -0.2) is 47.3 Å². The molecule has 1 N–H and O–H groups in total. The summed E-state index contributed by atoms with van der Waals surface area (Å²) >= 11 is 0. The highest BCUT2D eigenvalue weighted by atomic mass is 16.3. The Hall–Kier alpha value is -2.31. The third-order valence-electron chi connectivity index (χ3n) is 5.51. The number of likely N-dealkylation sites (N-methyl/N-ethyl adjacent to an activating group) is 1. The number of carbonyl (C=O) groups is 3. The summed E-state index contributed by atoms with van der Waals surface area (Å²) in [5, 5.41) is 2.64. The van der Waals surface area contributed by atoms with E-state index >= 15 is 0 Å². The smallest absolute Gasteiger partial charge is 0.325 e. The third kappa shape index (κ3) is 3.15. The Labute approximate surface area is 147 Å². The number of nitrogens with one attached hydrogen (secondary N) is 1. The molecule has 3 rings (SSSR count). The molecule has 1 saturated carbocycles. The van der Waals surface area contributed by atoms with Crippen molar-refractivity contribution in [2.24, 2.45) is 5.92 Å². The topological polar surface area (TPSA) is 82.9 Å². The fourth-order valence-electron chi connectivity index (χ4n) is 3.65. The lowest BCUT2D eigenvalue weighted by atomic mass is 9.87. The maximum Gasteiger partial charge on any atom is 0.325 e. The molecule has 1 atom stereocenters. The van der Waals surface area contributed by atoms with Crippen LogP contribution in [-0.2, 0) is 15.1 Å². The third-order valence-corrected chi connectivity index (χ3v) is 5.51. The van der Waals surface area contributed by atoms with E-state index in [0.717, 1.165) is 30.6 Å². The van der Waals surface area contributed by atoms with Crippen molar-refractivity contribution in [3.05, 3.63) is 24.2 Å². The molecule has 2 fully saturated rings. The van der Waals surface area contributed by atoms with Crippen molar-refractivity contribution in [3.8, 4) is 0 Å². The highest BCUT2D eigenvalue weighted by molar-refractivity contribution is 6.08. The van der Waals surface area contributed by atoms with Gasteiger partial charge in [-0.2, -0.15) is 0 Å². The maximum atomic E-state index is 12.7. The Morgan fingerprint density at radius 3 is 2.64 bits per heavy atom. The molecule has 1 aromatic heterocycles. The zero-order valence-corrected chi connectivity index (χ0v) is 14.9. The monoisotopic (exact) mass is 347 g/mol. The van der Waals surface area contributed by atoms with Gasteiger partial charge in [0.25, 0.3) is 5.91 Å². The van der Waals surface area contributed by atoms with Gasteiger partial charge in [-0.3, -0.25) is 14.5 Å². The number of amides is 4. The second kappa shape index (κ2) is 6.54. The van der Waals surface area contributed by atoms with Gasteiger partial charge in [-0.1, -0.05) is 6.92 Å². The average Bonchev–Trinajstić information content (AvgIpc) is 3.19. The summed E-state index contributed by atoms with van der Waals surface area (Å²) < 4.78 is 5.29. The Kier molecular flexibility index (Phi) is 4.58. The summed E-state index contributed by atoms with van der Waals surface area (Å²) in [5.74, 6) is 0.369. The zero-order valence-electron chi connectivity index (χ0n) is 14.9. The highest BCUT2D eigenvalue weighted by Gasteiger charge is 2.51. The van der Waals surface area contributed by atoms with Gasteiger partial charge in [-0.05, 0) is 50.7 Å². The van der Waals surface area contributed by atoms with Gasteiger partial charge in [-0.15, -0.1) is 0 Å². The van der Waals surface area contributed by atoms with Crippen molar-refractivity contribution in [3.63, 3.8) is 0 Å². The zero-order chi connectivity index (χ0) is 18.2. The molecule has 1 saturated heterocycles. The van der Waals surface area contributed by atoms with Crippen molar-refractivity contribution in [1.82, 2.24) is 15.1 Å². The summed E-state index contributed by atoms with van der Waals surface area (Å²) in [5.41, 5.74) is -1.26. The van der Waals surface area contributed by atoms with E-state index in [-0.39, 0.29) is 18.5 Å². The van der Waals surface area contributed by atoms with Gasteiger partial charge in [0, 0.05) is 13.1 Å². The van der Waals surface area contributed by atoms with Gasteiger partial charge in [0.1, 0.15) is 12.3 Å². The summed E-state index contributed by atoms with van der Waals surface area (Å²) in [7, 11) is 1.76. The van der Waals surface area contributed by atoms with Crippen LogP contribution >= 0.6 is 0 Å². The predicted octanol–water partition coefficient (Wildman–Crippen LogP) is 2.08. The minimum absolute atomic E-state index is 0.181. The number of urea groups is 1. The van der Waals surface area contributed by atoms with Gasteiger partial charge in [0.15, 0.2) is 5.54 Å². The van der Waals surface area contributed by atoms with Crippen LogP contribution in [0.5, 0.6) is 0 Å². The first-order valence-corrected chi connectivity index (χ1v) is 8.76. The minimum atomic E-state index is -1.26. The van der Waals surface area contributed by atoms with E-state index in [2.05, 4.69) is 12.2 Å². The van der Waals surface area contributed by atoms with Crippen LogP contribution in [0.25, 0.3) is 0 Å². The molecule has 0 spiro atoms. The Bertz CT molecular complexity index is 664. The quantitative estimate of drug-likeness (QED) is 0.846. The van der Waals surface area contributed by atoms with Crippen LogP contribution in [0.2, 0.25) is 0 Å². The number of nitrogens with zero attached hydrogens (tertiary/aromatic N) is 2. The number of rotatable bonds is 4. The van der Waals surface area contributed by atoms with E-state index in [9.17, 15) is 14.4 Å². The summed E-state index contributed by atoms with van der Waals surface area (Å²) in [6, 6.07) is 2.91. The normalized spacial score (nSPS) is 29.6. The molecule has 1 aromatic rings. The fraction of sp³-hybridized carbons (Fsp3) is 0.611. The first-order valence-electron chi connectivity index (χ1n) is 8.76. The number of carbonyl (C=O) groups excluding carboxylic acids is 3. The molecule has 4 amide bonds. The molecule has 1 unspecified atom stereocenters. The van der Waals surface area contributed by atoms with E-state index in [4.69, 9.17) is 4.42 Å². The van der Waals surface area contributed by atoms with Crippen LogP contribution < -0.4 is 5.32 Å². The maximum absolute atomic E-state index is 12.7. The lowest BCUT2D eigenvalue weighted by Gasteiger charge is -2.34. The summed E-state index contributed by atoms with van der Waals surface area (Å²) in [4.78, 5) is 40.2. The lowest BCUT2D eigenvalue weighted by molar-refractivity contribution is -0.140. The number of hydrogen-bond donors (Lipinski definition) is 1. The largest absolute Gasteiger partial charge is 0.466 e. The fourth-order valence-corrected chi connectivity index (χ4v) is 3.65. The van der Waals surface area contributed by atoms with Crippen LogP contribution in [0.4, 0.5) is 4.79 Å². The first kappa shape index (κ1) is 17.5. The molecule has 7 heteroatoms. The lowest BCUT2D eigenvalue weighted by Crippen LogP contribution is -2.47. The SMILES string of the molecule is CC1CCC(N(C)C(=O)CN2C(=O)NC(C)(c3ccco3)C2=O)CC1. The molecule has 2 heterocycles. The van der Waals surface area contributed by atoms with Crippen molar-refractivity contribution >= 4 is 17.8 Å². The standard InChI is InChI=1S/C18H25N3O4/c1-12-6-8-13(9-7-12)20(3)15(22)11-21-16(23)18(2,19-17(21)24)14-5-4-10-25-14/h4-5,10,12-13H,6-9,11H2,1-3H3,(H,19,24). The summed E-state index contributed by atoms with van der Waals surface area (Å²) in [6.45, 7) is 3.56. The van der Waals surface area contributed by atoms with Crippen LogP contribution in [0.1, 0.15) is 45.3 Å². The Morgan fingerprint density at radius 1 is 1.36 bits per heavy atom. The van der Waals surface area contributed by atoms with Crippen molar-refractivity contribution in [2.45, 2.75) is 51.1 Å². The van der Waals surface area contributed by atoms with Gasteiger partial charge in [0.2, 0.25) is 5.91 Å². The Balaban J connectivity index is 1.67. The molecule has 0 bridgehead atoms. The van der Waals surface area contributed by atoms with Crippen LogP contribution in [0.3, 0.4) is 0 Å². The minimum Gasteiger partial charge on any atom is -0.466 e. The van der Waals surface area contributed by atoms with E-state index in [1.807, 2.05) is 0 Å². The summed E-state index contributed by atoms with van der Waals surface area (Å²) in [6.07, 6.45) is 5.58. The van der Waals surface area contributed by atoms with Gasteiger partial charge < -0.3 is 14.6 Å². The molecule has 0 radical (unpaired) electrons. The van der Waals surface area contributed by atoms with E-state index in [1.54, 1.807) is 31.0 Å². The second-order valence-corrected chi connectivity index (χ2v) is 7.34. The first-order chi connectivity index (χ1) is 11.8. The molecule has 136 valence electrons. The molecule has 1 aliphatic carbocycles. The molecular formula is C18H25N3O4. The van der Waals surface area contributed by atoms with Crippen LogP contribution in [0.15, 0.2) is 22.8 Å². The van der Waals surface area contributed by atoms with Crippen molar-refractivity contribution in [2.75, 3.05) is 13.6 Å². The molecule has 2 aliphatic rings. The molecule has 25 heavy (non-hydrogen) atoms. The van der Waals surface area contributed by atoms with E-state index < -0.39 is 17.5 Å². The van der Waals surface area contributed by atoms with Gasteiger partial charge in [-0.25, -0.2) is 4.79 Å². The molecular weight excluding hydrogens is 322 g/mol. The van der Waals surface area contributed by atoms with Crippen molar-refractivity contribution in [1.29, 1.82) is 0 Å².